The third-order valence-corrected chi connectivity index (χ3v) is 3.31. The Labute approximate surface area is 128 Å². The van der Waals surface area contributed by atoms with Gasteiger partial charge in [-0.15, -0.1) is 0 Å². The summed E-state index contributed by atoms with van der Waals surface area (Å²) in [5, 5.41) is 0. The molecule has 2 aromatic rings. The Balaban J connectivity index is 2.39. The summed E-state index contributed by atoms with van der Waals surface area (Å²) in [5.41, 5.74) is 2.13. The number of benzene rings is 1. The van der Waals surface area contributed by atoms with Gasteiger partial charge in [-0.25, -0.2) is 4.98 Å². The van der Waals surface area contributed by atoms with Crippen molar-refractivity contribution in [1.82, 2.24) is 9.97 Å². The zero-order valence-electron chi connectivity index (χ0n) is 12.5. The Bertz CT molecular complexity index is 633. The lowest BCUT2D eigenvalue weighted by molar-refractivity contribution is 0.441. The molecular formula is C16H19BrN2O. The van der Waals surface area contributed by atoms with Crippen molar-refractivity contribution in [3.8, 4) is 11.6 Å². The van der Waals surface area contributed by atoms with Crippen LogP contribution in [0.5, 0.6) is 11.6 Å². The maximum atomic E-state index is 5.93. The molecule has 0 N–H and O–H groups in total. The Morgan fingerprint density at radius 1 is 1.05 bits per heavy atom. The van der Waals surface area contributed by atoms with Gasteiger partial charge in [0, 0.05) is 11.5 Å². The van der Waals surface area contributed by atoms with Crippen LogP contribution < -0.4 is 4.74 Å². The normalized spacial score (nSPS) is 11.5. The first-order valence-corrected chi connectivity index (χ1v) is 7.35. The van der Waals surface area contributed by atoms with Gasteiger partial charge in [0.15, 0.2) is 0 Å². The summed E-state index contributed by atoms with van der Waals surface area (Å²) in [6, 6.07) is 7.92. The Hall–Kier alpha value is -1.42. The van der Waals surface area contributed by atoms with E-state index in [4.69, 9.17) is 4.74 Å². The predicted molar refractivity (Wildman–Crippen MR) is 84.4 cm³/mol. The van der Waals surface area contributed by atoms with Crippen LogP contribution in [-0.4, -0.2) is 9.97 Å². The summed E-state index contributed by atoms with van der Waals surface area (Å²) in [6.45, 7) is 10.3. The molecule has 3 nitrogen and oxygen atoms in total. The van der Waals surface area contributed by atoms with Crippen molar-refractivity contribution in [3.05, 3.63) is 45.8 Å². The van der Waals surface area contributed by atoms with Crippen LogP contribution >= 0.6 is 15.9 Å². The number of aromatic nitrogens is 2. The molecule has 0 aliphatic carbocycles. The van der Waals surface area contributed by atoms with Crippen LogP contribution in [0, 0.1) is 13.8 Å². The quantitative estimate of drug-likeness (QED) is 0.729. The van der Waals surface area contributed by atoms with Gasteiger partial charge in [-0.3, -0.25) is 0 Å². The van der Waals surface area contributed by atoms with Crippen molar-refractivity contribution < 1.29 is 4.74 Å². The highest BCUT2D eigenvalue weighted by Crippen LogP contribution is 2.28. The molecule has 1 aromatic carbocycles. The van der Waals surface area contributed by atoms with E-state index >= 15 is 0 Å². The third kappa shape index (κ3) is 3.57. The molecule has 106 valence electrons. The van der Waals surface area contributed by atoms with E-state index in [1.54, 1.807) is 6.07 Å². The largest absolute Gasteiger partial charge is 0.439 e. The number of nitrogens with zero attached hydrogens (tertiary/aromatic N) is 2. The SMILES string of the molecule is Cc1ccc(C)c(Oc2cc(Br)nc(C(C)(C)C)n2)c1. The minimum absolute atomic E-state index is 0.121. The standard InChI is InChI=1S/C16H19BrN2O/c1-10-6-7-11(2)12(8-10)20-14-9-13(17)18-15(19-14)16(3,4)5/h6-9H,1-5H3. The zero-order valence-corrected chi connectivity index (χ0v) is 14.1. The van der Waals surface area contributed by atoms with Gasteiger partial charge < -0.3 is 4.74 Å². The summed E-state index contributed by atoms with van der Waals surface area (Å²) in [6.07, 6.45) is 0. The highest BCUT2D eigenvalue weighted by Gasteiger charge is 2.19. The zero-order chi connectivity index (χ0) is 14.9. The average molecular weight is 335 g/mol. The number of halogens is 1. The molecule has 0 saturated heterocycles. The molecule has 0 aliphatic rings. The molecule has 0 unspecified atom stereocenters. The molecular weight excluding hydrogens is 316 g/mol. The lowest BCUT2D eigenvalue weighted by Crippen LogP contribution is -2.16. The Morgan fingerprint density at radius 3 is 2.40 bits per heavy atom. The second-order valence-corrected chi connectivity index (χ2v) is 6.79. The fourth-order valence-corrected chi connectivity index (χ4v) is 2.08. The molecule has 2 rings (SSSR count). The summed E-state index contributed by atoms with van der Waals surface area (Å²) in [5.74, 6) is 2.15. The molecule has 0 aliphatic heterocycles. The van der Waals surface area contributed by atoms with Crippen LogP contribution in [0.1, 0.15) is 37.7 Å². The van der Waals surface area contributed by atoms with Gasteiger partial charge in [0.05, 0.1) is 0 Å². The summed E-state index contributed by atoms with van der Waals surface area (Å²) < 4.78 is 6.66. The Morgan fingerprint density at radius 2 is 1.75 bits per heavy atom. The second-order valence-electron chi connectivity index (χ2n) is 5.97. The molecule has 4 heteroatoms. The minimum Gasteiger partial charge on any atom is -0.439 e. The molecule has 0 atom stereocenters. The smallest absolute Gasteiger partial charge is 0.223 e. The molecule has 0 radical (unpaired) electrons. The van der Waals surface area contributed by atoms with E-state index in [-0.39, 0.29) is 5.41 Å². The molecule has 1 aromatic heterocycles. The maximum absolute atomic E-state index is 5.93. The van der Waals surface area contributed by atoms with E-state index in [1.165, 1.54) is 0 Å². The van der Waals surface area contributed by atoms with E-state index in [2.05, 4.69) is 52.7 Å². The van der Waals surface area contributed by atoms with Crippen molar-refractivity contribution in [3.63, 3.8) is 0 Å². The van der Waals surface area contributed by atoms with Gasteiger partial charge in [0.1, 0.15) is 16.2 Å². The molecule has 0 fully saturated rings. The van der Waals surface area contributed by atoms with Crippen molar-refractivity contribution in [2.75, 3.05) is 0 Å². The summed E-state index contributed by atoms with van der Waals surface area (Å²) in [7, 11) is 0. The van der Waals surface area contributed by atoms with E-state index < -0.39 is 0 Å². The van der Waals surface area contributed by atoms with E-state index in [1.807, 2.05) is 26.0 Å². The average Bonchev–Trinajstić information content (AvgIpc) is 2.32. The highest BCUT2D eigenvalue weighted by molar-refractivity contribution is 9.10. The first kappa shape index (κ1) is 15.0. The van der Waals surface area contributed by atoms with E-state index in [9.17, 15) is 0 Å². The highest BCUT2D eigenvalue weighted by atomic mass is 79.9. The maximum Gasteiger partial charge on any atom is 0.223 e. The molecule has 0 spiro atoms. The predicted octanol–water partition coefficient (Wildman–Crippen LogP) is 4.95. The fraction of sp³-hybridized carbons (Fsp3) is 0.375. The fourth-order valence-electron chi connectivity index (χ4n) is 1.71. The molecule has 0 saturated carbocycles. The number of hydrogen-bond donors (Lipinski definition) is 0. The Kier molecular flexibility index (Phi) is 4.14. The van der Waals surface area contributed by atoms with Gasteiger partial charge in [0.2, 0.25) is 5.88 Å². The van der Waals surface area contributed by atoms with Gasteiger partial charge >= 0.3 is 0 Å². The first-order chi connectivity index (χ1) is 9.25. The van der Waals surface area contributed by atoms with Gasteiger partial charge in [0.25, 0.3) is 0 Å². The summed E-state index contributed by atoms with van der Waals surface area (Å²) >= 11 is 3.42. The van der Waals surface area contributed by atoms with Gasteiger partial charge in [-0.05, 0) is 47.0 Å². The van der Waals surface area contributed by atoms with Crippen LogP contribution in [0.15, 0.2) is 28.9 Å². The third-order valence-electron chi connectivity index (χ3n) is 2.90. The van der Waals surface area contributed by atoms with Gasteiger partial charge in [-0.1, -0.05) is 32.9 Å². The lowest BCUT2D eigenvalue weighted by atomic mass is 9.96. The van der Waals surface area contributed by atoms with Crippen LogP contribution in [0.4, 0.5) is 0 Å². The summed E-state index contributed by atoms with van der Waals surface area (Å²) in [4.78, 5) is 8.92. The first-order valence-electron chi connectivity index (χ1n) is 6.56. The molecule has 0 bridgehead atoms. The van der Waals surface area contributed by atoms with Crippen LogP contribution in [0.3, 0.4) is 0 Å². The van der Waals surface area contributed by atoms with Crippen molar-refractivity contribution in [2.45, 2.75) is 40.0 Å². The molecule has 1 heterocycles. The molecule has 20 heavy (non-hydrogen) atoms. The minimum atomic E-state index is -0.121. The van der Waals surface area contributed by atoms with Gasteiger partial charge in [-0.2, -0.15) is 4.98 Å². The second kappa shape index (κ2) is 5.52. The topological polar surface area (TPSA) is 35.0 Å². The van der Waals surface area contributed by atoms with Crippen molar-refractivity contribution in [1.29, 1.82) is 0 Å². The number of ether oxygens (including phenoxy) is 1. The van der Waals surface area contributed by atoms with Crippen LogP contribution in [-0.2, 0) is 5.41 Å². The number of rotatable bonds is 2. The van der Waals surface area contributed by atoms with E-state index in [0.29, 0.717) is 5.88 Å². The van der Waals surface area contributed by atoms with Crippen LogP contribution in [0.25, 0.3) is 0 Å². The van der Waals surface area contributed by atoms with Crippen LogP contribution in [0.2, 0.25) is 0 Å². The number of aryl methyl sites for hydroxylation is 2. The lowest BCUT2D eigenvalue weighted by Gasteiger charge is -2.18. The van der Waals surface area contributed by atoms with Crippen molar-refractivity contribution >= 4 is 15.9 Å². The van der Waals surface area contributed by atoms with E-state index in [0.717, 1.165) is 27.3 Å². The monoisotopic (exact) mass is 334 g/mol. The number of hydrogen-bond acceptors (Lipinski definition) is 3. The molecule has 0 amide bonds. The van der Waals surface area contributed by atoms with Crippen molar-refractivity contribution in [2.24, 2.45) is 0 Å².